The number of hydrogen-bond donors (Lipinski definition) is 1. The zero-order valence-electron chi connectivity index (χ0n) is 15.5. The van der Waals surface area contributed by atoms with Crippen molar-refractivity contribution in [2.75, 3.05) is 6.67 Å². The summed E-state index contributed by atoms with van der Waals surface area (Å²) < 4.78 is 19.9. The molecule has 0 radical (unpaired) electrons. The molecule has 2 aromatic rings. The Morgan fingerprint density at radius 2 is 1.96 bits per heavy atom. The summed E-state index contributed by atoms with van der Waals surface area (Å²) in [7, 11) is 0. The lowest BCUT2D eigenvalue weighted by Gasteiger charge is -2.33. The fourth-order valence-electron chi connectivity index (χ4n) is 3.53. The number of pyridine rings is 1. The largest absolute Gasteiger partial charge is 0.390 e. The minimum atomic E-state index is -1.29. The fourth-order valence-corrected chi connectivity index (χ4v) is 3.74. The molecule has 1 N–H and O–H groups in total. The molecular formula is C20H21Cl2FN2O3. The Morgan fingerprint density at radius 3 is 2.54 bits per heavy atom. The van der Waals surface area contributed by atoms with E-state index < -0.39 is 35.3 Å². The van der Waals surface area contributed by atoms with Gasteiger partial charge in [0, 0.05) is 5.56 Å². The van der Waals surface area contributed by atoms with Gasteiger partial charge in [-0.2, -0.15) is 0 Å². The van der Waals surface area contributed by atoms with Crippen molar-refractivity contribution in [3.8, 4) is 11.3 Å². The molecule has 2 heterocycles. The van der Waals surface area contributed by atoms with Gasteiger partial charge in [0.15, 0.2) is 4.84 Å². The van der Waals surface area contributed by atoms with Crippen molar-refractivity contribution in [1.29, 1.82) is 0 Å². The molecule has 0 saturated carbocycles. The van der Waals surface area contributed by atoms with Gasteiger partial charge in [0.1, 0.15) is 18.5 Å². The Bertz CT molecular complexity index is 846. The van der Waals surface area contributed by atoms with Crippen LogP contribution in [0.4, 0.5) is 4.39 Å². The third-order valence-electron chi connectivity index (χ3n) is 4.76. The number of aliphatic hydroxyl groups is 1. The lowest BCUT2D eigenvalue weighted by Crippen LogP contribution is -2.50. The number of carbonyl (C=O) groups excluding carboxylic acids is 1. The van der Waals surface area contributed by atoms with Crippen LogP contribution in [0.5, 0.6) is 0 Å². The highest BCUT2D eigenvalue weighted by Gasteiger charge is 2.51. The molecule has 1 amide bonds. The van der Waals surface area contributed by atoms with Crippen LogP contribution in [0, 0.1) is 0 Å². The van der Waals surface area contributed by atoms with E-state index in [1.165, 1.54) is 4.90 Å². The third-order valence-corrected chi connectivity index (χ3v) is 5.14. The zero-order valence-corrected chi connectivity index (χ0v) is 17.0. The van der Waals surface area contributed by atoms with E-state index in [4.69, 9.17) is 27.9 Å². The highest BCUT2D eigenvalue weighted by atomic mass is 35.5. The molecule has 3 rings (SSSR count). The number of hydrogen-bond acceptors (Lipinski definition) is 4. The average molecular weight is 427 g/mol. The molecule has 1 saturated heterocycles. The molecule has 0 unspecified atom stereocenters. The van der Waals surface area contributed by atoms with E-state index in [1.807, 2.05) is 36.4 Å². The maximum Gasteiger partial charge on any atom is 0.258 e. The van der Waals surface area contributed by atoms with E-state index in [9.17, 15) is 14.3 Å². The Kier molecular flexibility index (Phi) is 6.25. The Balaban J connectivity index is 1.89. The van der Waals surface area contributed by atoms with Gasteiger partial charge in [-0.05, 0) is 31.5 Å². The normalized spacial score (nSPS) is 21.3. The number of rotatable bonds is 5. The molecule has 1 fully saturated rings. The van der Waals surface area contributed by atoms with Gasteiger partial charge in [0.2, 0.25) is 0 Å². The molecular weight excluding hydrogens is 406 g/mol. The number of aromatic nitrogens is 1. The van der Waals surface area contributed by atoms with Crippen molar-refractivity contribution in [1.82, 2.24) is 9.88 Å². The lowest BCUT2D eigenvalue weighted by atomic mass is 10.00. The molecule has 1 aliphatic heterocycles. The molecule has 8 heteroatoms. The van der Waals surface area contributed by atoms with Crippen LogP contribution < -0.4 is 0 Å². The summed E-state index contributed by atoms with van der Waals surface area (Å²) >= 11 is 11.5. The van der Waals surface area contributed by atoms with Crippen molar-refractivity contribution < 1.29 is 19.0 Å². The molecule has 0 aliphatic carbocycles. The minimum Gasteiger partial charge on any atom is -0.390 e. The number of ether oxygens (including phenoxy) is 1. The Labute approximate surface area is 173 Å². The van der Waals surface area contributed by atoms with Crippen LogP contribution >= 0.6 is 23.2 Å². The van der Waals surface area contributed by atoms with Crippen LogP contribution in [0.15, 0.2) is 42.5 Å². The number of halogens is 3. The van der Waals surface area contributed by atoms with Crippen molar-refractivity contribution in [3.05, 3.63) is 53.7 Å². The summed E-state index contributed by atoms with van der Waals surface area (Å²) in [5, 5.41) is 9.25. The van der Waals surface area contributed by atoms with Crippen molar-refractivity contribution >= 4 is 29.1 Å². The number of carbonyl (C=O) groups is 1. The number of nitrogens with zero attached hydrogens (tertiary/aromatic N) is 2. The van der Waals surface area contributed by atoms with E-state index in [0.717, 1.165) is 16.8 Å². The van der Waals surface area contributed by atoms with Gasteiger partial charge in [-0.25, -0.2) is 4.39 Å². The molecule has 0 bridgehead atoms. The van der Waals surface area contributed by atoms with Crippen LogP contribution in [0.25, 0.3) is 11.3 Å². The van der Waals surface area contributed by atoms with Gasteiger partial charge in [-0.15, -0.1) is 0 Å². The Hall–Kier alpha value is -1.73. The standard InChI is InChI=1S/C20H21Cl2FN2O3/c1-20(2)25(19(27)18(21)22)16(10-23)17(28-20)13-8-6-12(7-9-13)15-5-3-4-14(11-26)24-15/h3-9,16-18,26H,10-11H2,1-2H3/t16-,17-/m1/s1. The van der Waals surface area contributed by atoms with Crippen LogP contribution in [0.1, 0.15) is 31.2 Å². The number of benzene rings is 1. The summed E-state index contributed by atoms with van der Waals surface area (Å²) in [6, 6.07) is 11.9. The zero-order chi connectivity index (χ0) is 20.5. The molecule has 150 valence electrons. The minimum absolute atomic E-state index is 0.138. The van der Waals surface area contributed by atoms with Gasteiger partial charge in [-0.3, -0.25) is 9.78 Å². The van der Waals surface area contributed by atoms with Crippen LogP contribution in [0.3, 0.4) is 0 Å². The maximum atomic E-state index is 13.9. The highest BCUT2D eigenvalue weighted by molar-refractivity contribution is 6.53. The van der Waals surface area contributed by atoms with E-state index in [0.29, 0.717) is 5.69 Å². The second-order valence-corrected chi connectivity index (χ2v) is 8.11. The number of alkyl halides is 3. The van der Waals surface area contributed by atoms with E-state index >= 15 is 0 Å². The van der Waals surface area contributed by atoms with Crippen molar-refractivity contribution in [3.63, 3.8) is 0 Å². The molecule has 28 heavy (non-hydrogen) atoms. The number of amides is 1. The Morgan fingerprint density at radius 1 is 1.29 bits per heavy atom. The molecule has 2 atom stereocenters. The van der Waals surface area contributed by atoms with E-state index in [1.54, 1.807) is 19.9 Å². The van der Waals surface area contributed by atoms with Crippen LogP contribution in [-0.4, -0.2) is 44.2 Å². The summed E-state index contributed by atoms with van der Waals surface area (Å²) in [5.74, 6) is -0.583. The van der Waals surface area contributed by atoms with Gasteiger partial charge >= 0.3 is 0 Å². The van der Waals surface area contributed by atoms with Gasteiger partial charge < -0.3 is 14.7 Å². The monoisotopic (exact) mass is 426 g/mol. The SMILES string of the molecule is CC1(C)O[C@H](c2ccc(-c3cccc(CO)n3)cc2)[C@@H](CF)N1C(=O)C(Cl)Cl. The van der Waals surface area contributed by atoms with E-state index in [-0.39, 0.29) is 6.61 Å². The molecule has 1 aromatic heterocycles. The first-order valence-electron chi connectivity index (χ1n) is 8.80. The molecule has 1 aromatic carbocycles. The predicted molar refractivity (Wildman–Crippen MR) is 106 cm³/mol. The molecule has 0 spiro atoms. The van der Waals surface area contributed by atoms with Gasteiger partial charge in [-0.1, -0.05) is 53.5 Å². The summed E-state index contributed by atoms with van der Waals surface area (Å²) in [6.07, 6.45) is -0.651. The van der Waals surface area contributed by atoms with Crippen molar-refractivity contribution in [2.24, 2.45) is 0 Å². The molecule has 5 nitrogen and oxygen atoms in total. The van der Waals surface area contributed by atoms with Crippen LogP contribution in [-0.2, 0) is 16.1 Å². The average Bonchev–Trinajstić information content (AvgIpc) is 2.97. The van der Waals surface area contributed by atoms with E-state index in [2.05, 4.69) is 4.98 Å². The lowest BCUT2D eigenvalue weighted by molar-refractivity contribution is -0.145. The van der Waals surface area contributed by atoms with Gasteiger partial charge in [0.05, 0.1) is 24.0 Å². The smallest absolute Gasteiger partial charge is 0.258 e. The van der Waals surface area contributed by atoms with Crippen molar-refractivity contribution in [2.45, 2.75) is 43.2 Å². The second kappa shape index (κ2) is 8.33. The maximum absolute atomic E-state index is 13.9. The summed E-state index contributed by atoms with van der Waals surface area (Å²) in [4.78, 5) is 16.8. The first-order chi connectivity index (χ1) is 13.3. The highest BCUT2D eigenvalue weighted by Crippen LogP contribution is 2.42. The van der Waals surface area contributed by atoms with Crippen LogP contribution in [0.2, 0.25) is 0 Å². The first-order valence-corrected chi connectivity index (χ1v) is 9.68. The topological polar surface area (TPSA) is 62.7 Å². The summed E-state index contributed by atoms with van der Waals surface area (Å²) in [6.45, 7) is 2.44. The first kappa shape index (κ1) is 21.0. The molecule has 1 aliphatic rings. The third kappa shape index (κ3) is 4.01. The predicted octanol–water partition coefficient (Wildman–Crippen LogP) is 4.02. The summed E-state index contributed by atoms with van der Waals surface area (Å²) in [5.41, 5.74) is 1.83. The number of aliphatic hydroxyl groups excluding tert-OH is 1. The second-order valence-electron chi connectivity index (χ2n) is 7.01. The quantitative estimate of drug-likeness (QED) is 0.733. The van der Waals surface area contributed by atoms with Gasteiger partial charge in [0.25, 0.3) is 5.91 Å². The fraction of sp³-hybridized carbons (Fsp3) is 0.400.